The van der Waals surface area contributed by atoms with Crippen LogP contribution in [0.1, 0.15) is 60.8 Å². The molecule has 0 aromatic heterocycles. The van der Waals surface area contributed by atoms with Crippen molar-refractivity contribution in [2.24, 2.45) is 0 Å². The standard InChI is InChI=1S/C30H32F3NO3/c1-29(2)28(21-6-5-7-22(18-21)30(31,32)33)27(25-13-10-23(35)19-26(25)37-29)20-8-11-24(12-9-20)36-17-16-34-14-3-4-15-34/h5-13,18-19,27-28,35H,3-4,14-17H2,1-2H3/t27-,28+/m1/s1. The molecule has 0 unspecified atom stereocenters. The number of ether oxygens (including phenoxy) is 2. The van der Waals surface area contributed by atoms with Crippen LogP contribution in [0.3, 0.4) is 0 Å². The van der Waals surface area contributed by atoms with E-state index in [1.54, 1.807) is 24.3 Å². The summed E-state index contributed by atoms with van der Waals surface area (Å²) in [5, 5.41) is 10.1. The van der Waals surface area contributed by atoms with E-state index in [-0.39, 0.29) is 11.7 Å². The highest BCUT2D eigenvalue weighted by molar-refractivity contribution is 5.52. The van der Waals surface area contributed by atoms with E-state index < -0.39 is 23.3 Å². The number of alkyl halides is 3. The maximum Gasteiger partial charge on any atom is 0.416 e. The molecule has 4 nitrogen and oxygen atoms in total. The summed E-state index contributed by atoms with van der Waals surface area (Å²) >= 11 is 0. The van der Waals surface area contributed by atoms with E-state index in [1.165, 1.54) is 25.0 Å². The van der Waals surface area contributed by atoms with Crippen LogP contribution in [0.2, 0.25) is 0 Å². The first-order valence-corrected chi connectivity index (χ1v) is 12.8. The number of aromatic hydroxyl groups is 1. The molecule has 2 heterocycles. The van der Waals surface area contributed by atoms with Gasteiger partial charge in [0.25, 0.3) is 0 Å². The van der Waals surface area contributed by atoms with Crippen LogP contribution < -0.4 is 9.47 Å². The highest BCUT2D eigenvalue weighted by atomic mass is 19.4. The topological polar surface area (TPSA) is 41.9 Å². The van der Waals surface area contributed by atoms with Crippen molar-refractivity contribution in [3.05, 3.63) is 89.0 Å². The molecule has 0 bridgehead atoms. The zero-order valence-corrected chi connectivity index (χ0v) is 21.1. The average Bonchev–Trinajstić information content (AvgIpc) is 3.36. The smallest absolute Gasteiger partial charge is 0.416 e. The van der Waals surface area contributed by atoms with Gasteiger partial charge in [-0.1, -0.05) is 36.4 Å². The number of rotatable bonds is 6. The van der Waals surface area contributed by atoms with Crippen LogP contribution in [0.25, 0.3) is 0 Å². The van der Waals surface area contributed by atoms with Gasteiger partial charge in [0.05, 0.1) is 5.56 Å². The Kier molecular flexibility index (Phi) is 6.84. The van der Waals surface area contributed by atoms with Gasteiger partial charge in [0.2, 0.25) is 0 Å². The molecule has 37 heavy (non-hydrogen) atoms. The second-order valence-corrected chi connectivity index (χ2v) is 10.5. The Bertz CT molecular complexity index is 1230. The molecule has 3 aromatic carbocycles. The minimum Gasteiger partial charge on any atom is -0.508 e. The Balaban J connectivity index is 1.50. The Morgan fingerprint density at radius 1 is 0.973 bits per heavy atom. The van der Waals surface area contributed by atoms with Gasteiger partial charge in [0.1, 0.15) is 29.5 Å². The van der Waals surface area contributed by atoms with Gasteiger partial charge in [-0.25, -0.2) is 0 Å². The zero-order valence-electron chi connectivity index (χ0n) is 21.1. The van der Waals surface area contributed by atoms with Crippen LogP contribution in [0.5, 0.6) is 17.2 Å². The highest BCUT2D eigenvalue weighted by Gasteiger charge is 2.46. The van der Waals surface area contributed by atoms with Gasteiger partial charge >= 0.3 is 6.18 Å². The van der Waals surface area contributed by atoms with E-state index >= 15 is 0 Å². The quantitative estimate of drug-likeness (QED) is 0.388. The summed E-state index contributed by atoms with van der Waals surface area (Å²) in [7, 11) is 0. The number of hydrogen-bond acceptors (Lipinski definition) is 4. The van der Waals surface area contributed by atoms with E-state index in [2.05, 4.69) is 4.90 Å². The summed E-state index contributed by atoms with van der Waals surface area (Å²) in [6.45, 7) is 7.51. The first-order valence-electron chi connectivity index (χ1n) is 12.8. The van der Waals surface area contributed by atoms with E-state index in [1.807, 2.05) is 38.1 Å². The molecule has 0 aliphatic carbocycles. The lowest BCUT2D eigenvalue weighted by molar-refractivity contribution is -0.137. The number of halogens is 3. The maximum absolute atomic E-state index is 13.6. The molecule has 0 spiro atoms. The SMILES string of the molecule is CC1(C)Oc2cc(O)ccc2[C@@H](c2ccc(OCCN3CCCC3)cc2)[C@@H]1c1cccc(C(F)(F)F)c1. The zero-order chi connectivity index (χ0) is 26.2. The van der Waals surface area contributed by atoms with Crippen molar-refractivity contribution in [1.82, 2.24) is 4.90 Å². The molecule has 196 valence electrons. The summed E-state index contributed by atoms with van der Waals surface area (Å²) in [6, 6.07) is 18.3. The third-order valence-electron chi connectivity index (χ3n) is 7.47. The number of phenolic OH excluding ortho intramolecular Hbond substituents is 1. The van der Waals surface area contributed by atoms with Crippen molar-refractivity contribution in [2.75, 3.05) is 26.2 Å². The molecular formula is C30H32F3NO3. The predicted molar refractivity (Wildman–Crippen MR) is 136 cm³/mol. The molecule has 0 amide bonds. The molecule has 2 atom stereocenters. The third-order valence-corrected chi connectivity index (χ3v) is 7.47. The molecule has 1 N–H and O–H groups in total. The molecule has 1 saturated heterocycles. The summed E-state index contributed by atoms with van der Waals surface area (Å²) in [5.41, 5.74) is 0.785. The molecule has 2 aliphatic heterocycles. The average molecular weight is 512 g/mol. The molecule has 5 rings (SSSR count). The second kappa shape index (κ2) is 9.93. The summed E-state index contributed by atoms with van der Waals surface area (Å²) in [5.74, 6) is 0.669. The van der Waals surface area contributed by atoms with Crippen LogP contribution in [-0.2, 0) is 6.18 Å². The fraction of sp³-hybridized carbons (Fsp3) is 0.400. The molecule has 2 aliphatic rings. The Hall–Kier alpha value is -3.19. The van der Waals surface area contributed by atoms with E-state index in [9.17, 15) is 18.3 Å². The first kappa shape index (κ1) is 25.5. The summed E-state index contributed by atoms with van der Waals surface area (Å²) in [4.78, 5) is 2.39. The van der Waals surface area contributed by atoms with Crippen LogP contribution in [0.4, 0.5) is 13.2 Å². The summed E-state index contributed by atoms with van der Waals surface area (Å²) in [6.07, 6.45) is -1.96. The van der Waals surface area contributed by atoms with E-state index in [4.69, 9.17) is 9.47 Å². The predicted octanol–water partition coefficient (Wildman–Crippen LogP) is 6.97. The normalized spacial score (nSPS) is 21.3. The van der Waals surface area contributed by atoms with Gasteiger partial charge in [0.15, 0.2) is 0 Å². The van der Waals surface area contributed by atoms with E-state index in [0.717, 1.165) is 42.6 Å². The Labute approximate surface area is 215 Å². The van der Waals surface area contributed by atoms with Crippen LogP contribution in [0, 0.1) is 0 Å². The second-order valence-electron chi connectivity index (χ2n) is 10.5. The molecule has 0 saturated carbocycles. The van der Waals surface area contributed by atoms with Crippen LogP contribution >= 0.6 is 0 Å². The highest BCUT2D eigenvalue weighted by Crippen LogP contribution is 2.54. The van der Waals surface area contributed by atoms with Crippen molar-refractivity contribution in [3.63, 3.8) is 0 Å². The number of nitrogens with zero attached hydrogens (tertiary/aromatic N) is 1. The largest absolute Gasteiger partial charge is 0.508 e. The number of fused-ring (bicyclic) bond motifs is 1. The fourth-order valence-electron chi connectivity index (χ4n) is 5.74. The fourth-order valence-corrected chi connectivity index (χ4v) is 5.74. The first-order chi connectivity index (χ1) is 17.6. The lowest BCUT2D eigenvalue weighted by Crippen LogP contribution is -2.43. The number of likely N-dealkylation sites (tertiary alicyclic amines) is 1. The van der Waals surface area contributed by atoms with Gasteiger partial charge in [-0.15, -0.1) is 0 Å². The minimum atomic E-state index is -4.44. The third kappa shape index (κ3) is 5.42. The lowest BCUT2D eigenvalue weighted by atomic mass is 9.68. The Morgan fingerprint density at radius 3 is 2.41 bits per heavy atom. The van der Waals surface area contributed by atoms with Gasteiger partial charge in [-0.05, 0) is 75.2 Å². The summed E-state index contributed by atoms with van der Waals surface area (Å²) < 4.78 is 53.1. The molecule has 3 aromatic rings. The van der Waals surface area contributed by atoms with Crippen molar-refractivity contribution >= 4 is 0 Å². The van der Waals surface area contributed by atoms with Crippen LogP contribution in [0.15, 0.2) is 66.7 Å². The number of benzene rings is 3. The Morgan fingerprint density at radius 2 is 1.70 bits per heavy atom. The van der Waals surface area contributed by atoms with Gasteiger partial charge in [-0.3, -0.25) is 4.90 Å². The van der Waals surface area contributed by atoms with Crippen molar-refractivity contribution in [2.45, 2.75) is 50.3 Å². The minimum absolute atomic E-state index is 0.0765. The monoisotopic (exact) mass is 511 g/mol. The van der Waals surface area contributed by atoms with Gasteiger partial charge in [-0.2, -0.15) is 13.2 Å². The lowest BCUT2D eigenvalue weighted by Gasteiger charge is -2.45. The van der Waals surface area contributed by atoms with E-state index in [0.29, 0.717) is 17.9 Å². The molecule has 1 fully saturated rings. The maximum atomic E-state index is 13.6. The molecular weight excluding hydrogens is 479 g/mol. The number of hydrogen-bond donors (Lipinski definition) is 1. The van der Waals surface area contributed by atoms with Gasteiger partial charge in [0, 0.05) is 30.0 Å². The van der Waals surface area contributed by atoms with Gasteiger partial charge < -0.3 is 14.6 Å². The molecule has 7 heteroatoms. The van der Waals surface area contributed by atoms with Crippen molar-refractivity contribution in [3.8, 4) is 17.2 Å². The number of phenols is 1. The van der Waals surface area contributed by atoms with Crippen molar-refractivity contribution < 1.29 is 27.8 Å². The molecule has 0 radical (unpaired) electrons. The van der Waals surface area contributed by atoms with Crippen LogP contribution in [-0.4, -0.2) is 41.8 Å². The van der Waals surface area contributed by atoms with Crippen molar-refractivity contribution in [1.29, 1.82) is 0 Å².